The van der Waals surface area contributed by atoms with Crippen LogP contribution in [0.4, 0.5) is 0 Å². The molecule has 0 saturated carbocycles. The van der Waals surface area contributed by atoms with E-state index in [2.05, 4.69) is 56.4 Å². The number of rotatable bonds is 6. The number of nitrogens with one attached hydrogen (secondary N) is 1. The average molecular weight is 283 g/mol. The molecular formula is C19H25NO. The standard InChI is InChI=1S/C19H25NO/c1-14-8-7-11-18(15(14)2)16(3)20-19(12-13-21)17-9-5-4-6-10-17/h4-11,16,19-21H,12-13H2,1-3H3/t16?,19-/m1/s1. The minimum absolute atomic E-state index is 0.172. The quantitative estimate of drug-likeness (QED) is 0.837. The Morgan fingerprint density at radius 2 is 1.71 bits per heavy atom. The van der Waals surface area contributed by atoms with Crippen LogP contribution in [0.5, 0.6) is 0 Å². The highest BCUT2D eigenvalue weighted by molar-refractivity contribution is 5.35. The Morgan fingerprint density at radius 3 is 2.38 bits per heavy atom. The molecule has 0 amide bonds. The molecule has 2 aromatic carbocycles. The molecule has 0 fully saturated rings. The van der Waals surface area contributed by atoms with Crippen LogP contribution in [-0.2, 0) is 0 Å². The summed E-state index contributed by atoms with van der Waals surface area (Å²) in [6, 6.07) is 17.2. The lowest BCUT2D eigenvalue weighted by molar-refractivity contribution is 0.260. The van der Waals surface area contributed by atoms with Crippen LogP contribution < -0.4 is 5.32 Å². The molecule has 0 spiro atoms. The van der Waals surface area contributed by atoms with Crippen LogP contribution in [0, 0.1) is 13.8 Å². The maximum Gasteiger partial charge on any atom is 0.0449 e. The van der Waals surface area contributed by atoms with Gasteiger partial charge in [0.15, 0.2) is 0 Å². The van der Waals surface area contributed by atoms with E-state index in [1.54, 1.807) is 0 Å². The molecule has 2 nitrogen and oxygen atoms in total. The monoisotopic (exact) mass is 283 g/mol. The lowest BCUT2D eigenvalue weighted by atomic mass is 9.96. The summed E-state index contributed by atoms with van der Waals surface area (Å²) in [5.74, 6) is 0. The fourth-order valence-corrected chi connectivity index (χ4v) is 2.80. The Bertz CT molecular complexity index is 565. The van der Waals surface area contributed by atoms with Gasteiger partial charge in [0, 0.05) is 18.7 Å². The molecule has 2 rings (SSSR count). The minimum atomic E-state index is 0.172. The van der Waals surface area contributed by atoms with Crippen LogP contribution in [0.15, 0.2) is 48.5 Å². The highest BCUT2D eigenvalue weighted by Crippen LogP contribution is 2.25. The van der Waals surface area contributed by atoms with Gasteiger partial charge in [-0.3, -0.25) is 0 Å². The highest BCUT2D eigenvalue weighted by atomic mass is 16.3. The van der Waals surface area contributed by atoms with E-state index in [0.29, 0.717) is 0 Å². The Labute approximate surface area is 127 Å². The van der Waals surface area contributed by atoms with E-state index < -0.39 is 0 Å². The van der Waals surface area contributed by atoms with Crippen molar-refractivity contribution in [2.24, 2.45) is 0 Å². The predicted octanol–water partition coefficient (Wildman–Crippen LogP) is 4.08. The molecule has 0 aromatic heterocycles. The molecule has 2 heteroatoms. The van der Waals surface area contributed by atoms with Gasteiger partial charge in [0.25, 0.3) is 0 Å². The fourth-order valence-electron chi connectivity index (χ4n) is 2.80. The summed E-state index contributed by atoms with van der Waals surface area (Å²) < 4.78 is 0. The Morgan fingerprint density at radius 1 is 1.00 bits per heavy atom. The number of hydrogen-bond acceptors (Lipinski definition) is 2. The van der Waals surface area contributed by atoms with Gasteiger partial charge < -0.3 is 10.4 Å². The van der Waals surface area contributed by atoms with Gasteiger partial charge >= 0.3 is 0 Å². The van der Waals surface area contributed by atoms with Crippen molar-refractivity contribution in [2.45, 2.75) is 39.3 Å². The number of aliphatic hydroxyl groups is 1. The number of hydrogen-bond donors (Lipinski definition) is 2. The Balaban J connectivity index is 2.19. The molecule has 0 heterocycles. The van der Waals surface area contributed by atoms with Crippen molar-refractivity contribution in [3.63, 3.8) is 0 Å². The first kappa shape index (κ1) is 15.7. The van der Waals surface area contributed by atoms with Crippen molar-refractivity contribution < 1.29 is 5.11 Å². The minimum Gasteiger partial charge on any atom is -0.396 e. The van der Waals surface area contributed by atoms with Crippen molar-refractivity contribution in [2.75, 3.05) is 6.61 Å². The van der Waals surface area contributed by atoms with Gasteiger partial charge in [-0.05, 0) is 49.4 Å². The molecule has 2 atom stereocenters. The van der Waals surface area contributed by atoms with Gasteiger partial charge in [0.2, 0.25) is 0 Å². The van der Waals surface area contributed by atoms with E-state index in [-0.39, 0.29) is 18.7 Å². The second kappa shape index (κ2) is 7.39. The molecule has 0 radical (unpaired) electrons. The second-order valence-electron chi connectivity index (χ2n) is 5.65. The van der Waals surface area contributed by atoms with E-state index >= 15 is 0 Å². The highest BCUT2D eigenvalue weighted by Gasteiger charge is 2.16. The first-order valence-electron chi connectivity index (χ1n) is 7.61. The first-order chi connectivity index (χ1) is 10.1. The summed E-state index contributed by atoms with van der Waals surface area (Å²) in [5.41, 5.74) is 5.21. The summed E-state index contributed by atoms with van der Waals surface area (Å²) in [5, 5.41) is 13.0. The summed E-state index contributed by atoms with van der Waals surface area (Å²) in [6.45, 7) is 6.70. The normalized spacial score (nSPS) is 13.9. The van der Waals surface area contributed by atoms with Gasteiger partial charge in [-0.2, -0.15) is 0 Å². The van der Waals surface area contributed by atoms with E-state index in [0.717, 1.165) is 6.42 Å². The molecule has 2 N–H and O–H groups in total. The number of aryl methyl sites for hydroxylation is 1. The molecular weight excluding hydrogens is 258 g/mol. The third-order valence-electron chi connectivity index (χ3n) is 4.18. The molecule has 0 aliphatic rings. The summed E-state index contributed by atoms with van der Waals surface area (Å²) in [7, 11) is 0. The van der Waals surface area contributed by atoms with Crippen LogP contribution in [0.2, 0.25) is 0 Å². The lowest BCUT2D eigenvalue weighted by Gasteiger charge is -2.25. The summed E-state index contributed by atoms with van der Waals surface area (Å²) in [4.78, 5) is 0. The van der Waals surface area contributed by atoms with Gasteiger partial charge in [-0.15, -0.1) is 0 Å². The summed E-state index contributed by atoms with van der Waals surface area (Å²) in [6.07, 6.45) is 0.721. The third kappa shape index (κ3) is 3.93. The van der Waals surface area contributed by atoms with Crippen molar-refractivity contribution >= 4 is 0 Å². The SMILES string of the molecule is Cc1cccc(C(C)N[C@H](CCO)c2ccccc2)c1C. The van der Waals surface area contributed by atoms with Crippen LogP contribution >= 0.6 is 0 Å². The molecule has 0 aliphatic heterocycles. The van der Waals surface area contributed by atoms with Gasteiger partial charge in [0.05, 0.1) is 0 Å². The third-order valence-corrected chi connectivity index (χ3v) is 4.18. The van der Waals surface area contributed by atoms with E-state index in [9.17, 15) is 5.11 Å². The zero-order valence-corrected chi connectivity index (χ0v) is 13.1. The molecule has 0 aliphatic carbocycles. The number of aliphatic hydroxyl groups excluding tert-OH is 1. The molecule has 112 valence electrons. The van der Waals surface area contributed by atoms with Crippen LogP contribution in [-0.4, -0.2) is 11.7 Å². The first-order valence-corrected chi connectivity index (χ1v) is 7.61. The van der Waals surface area contributed by atoms with Crippen LogP contribution in [0.3, 0.4) is 0 Å². The smallest absolute Gasteiger partial charge is 0.0449 e. The van der Waals surface area contributed by atoms with E-state index in [1.807, 2.05) is 18.2 Å². The zero-order valence-electron chi connectivity index (χ0n) is 13.1. The topological polar surface area (TPSA) is 32.3 Å². The van der Waals surface area contributed by atoms with Gasteiger partial charge in [0.1, 0.15) is 0 Å². The molecule has 0 saturated heterocycles. The van der Waals surface area contributed by atoms with Crippen LogP contribution in [0.1, 0.15) is 47.7 Å². The van der Waals surface area contributed by atoms with Crippen molar-refractivity contribution in [1.29, 1.82) is 0 Å². The Kier molecular flexibility index (Phi) is 5.54. The molecule has 0 bridgehead atoms. The lowest BCUT2D eigenvalue weighted by Crippen LogP contribution is -2.26. The predicted molar refractivity (Wildman–Crippen MR) is 88.4 cm³/mol. The van der Waals surface area contributed by atoms with Gasteiger partial charge in [-0.1, -0.05) is 48.5 Å². The van der Waals surface area contributed by atoms with E-state index in [4.69, 9.17) is 0 Å². The zero-order chi connectivity index (χ0) is 15.2. The largest absolute Gasteiger partial charge is 0.396 e. The average Bonchev–Trinajstić information content (AvgIpc) is 2.50. The maximum atomic E-state index is 9.34. The molecule has 1 unspecified atom stereocenters. The number of benzene rings is 2. The Hall–Kier alpha value is -1.64. The fraction of sp³-hybridized carbons (Fsp3) is 0.368. The van der Waals surface area contributed by atoms with Crippen LogP contribution in [0.25, 0.3) is 0 Å². The van der Waals surface area contributed by atoms with Crippen molar-refractivity contribution in [3.05, 3.63) is 70.8 Å². The van der Waals surface area contributed by atoms with Crippen molar-refractivity contribution in [1.82, 2.24) is 5.32 Å². The second-order valence-corrected chi connectivity index (χ2v) is 5.65. The van der Waals surface area contributed by atoms with Gasteiger partial charge in [-0.25, -0.2) is 0 Å². The van der Waals surface area contributed by atoms with Crippen molar-refractivity contribution in [3.8, 4) is 0 Å². The molecule has 2 aromatic rings. The molecule has 21 heavy (non-hydrogen) atoms. The summed E-state index contributed by atoms with van der Waals surface area (Å²) >= 11 is 0. The van der Waals surface area contributed by atoms with E-state index in [1.165, 1.54) is 22.3 Å². The maximum absolute atomic E-state index is 9.34.